The van der Waals surface area contributed by atoms with Gasteiger partial charge in [0.1, 0.15) is 4.88 Å². The molecule has 24 heavy (non-hydrogen) atoms. The highest BCUT2D eigenvalue weighted by atomic mass is 32.1. The van der Waals surface area contributed by atoms with Crippen LogP contribution in [0.25, 0.3) is 0 Å². The molecule has 3 atom stereocenters. The van der Waals surface area contributed by atoms with E-state index in [9.17, 15) is 9.59 Å². The number of thiazole rings is 1. The second kappa shape index (κ2) is 5.70. The first-order chi connectivity index (χ1) is 11.6. The third-order valence-electron chi connectivity index (χ3n) is 5.21. The largest absolute Gasteiger partial charge is 0.344 e. The molecule has 2 aliphatic rings. The summed E-state index contributed by atoms with van der Waals surface area (Å²) in [5.41, 5.74) is 4.91. The van der Waals surface area contributed by atoms with E-state index in [1.807, 2.05) is 24.0 Å². The number of nitrogens with one attached hydrogen (secondary N) is 1. The fourth-order valence-corrected chi connectivity index (χ4v) is 4.73. The van der Waals surface area contributed by atoms with Crippen LogP contribution in [-0.2, 0) is 4.79 Å². The number of rotatable bonds is 2. The number of aryl methyl sites for hydroxylation is 1. The third-order valence-corrected chi connectivity index (χ3v) is 6.13. The third kappa shape index (κ3) is 2.33. The van der Waals surface area contributed by atoms with Crippen LogP contribution in [-0.4, -0.2) is 34.8 Å². The topological polar surface area (TPSA) is 62.3 Å². The van der Waals surface area contributed by atoms with Crippen molar-refractivity contribution in [1.29, 1.82) is 0 Å². The molecular weight excluding hydrogens is 322 g/mol. The molecule has 1 fully saturated rings. The van der Waals surface area contributed by atoms with Gasteiger partial charge in [-0.05, 0) is 18.1 Å². The molecule has 4 rings (SSSR count). The number of amides is 2. The van der Waals surface area contributed by atoms with Crippen molar-refractivity contribution in [1.82, 2.24) is 15.2 Å². The summed E-state index contributed by atoms with van der Waals surface area (Å²) in [6.45, 7) is 4.90. The Balaban J connectivity index is 1.65. The van der Waals surface area contributed by atoms with E-state index in [2.05, 4.69) is 22.4 Å². The average molecular weight is 341 g/mol. The monoisotopic (exact) mass is 341 g/mol. The zero-order valence-electron chi connectivity index (χ0n) is 13.7. The summed E-state index contributed by atoms with van der Waals surface area (Å²) in [4.78, 5) is 31.2. The van der Waals surface area contributed by atoms with E-state index in [1.165, 1.54) is 22.5 Å². The van der Waals surface area contributed by atoms with Gasteiger partial charge in [-0.3, -0.25) is 9.59 Å². The van der Waals surface area contributed by atoms with Crippen LogP contribution in [0.1, 0.15) is 45.4 Å². The highest BCUT2D eigenvalue weighted by Crippen LogP contribution is 2.49. The van der Waals surface area contributed by atoms with Crippen LogP contribution in [0.3, 0.4) is 0 Å². The van der Waals surface area contributed by atoms with Crippen molar-refractivity contribution in [2.75, 3.05) is 13.1 Å². The predicted octanol–water partition coefficient (Wildman–Crippen LogP) is 2.50. The Kier molecular flexibility index (Phi) is 3.64. The van der Waals surface area contributed by atoms with Crippen molar-refractivity contribution in [2.24, 2.45) is 5.92 Å². The minimum absolute atomic E-state index is 0.0513. The number of benzene rings is 1. The molecule has 0 spiro atoms. The first-order valence-electron chi connectivity index (χ1n) is 8.11. The van der Waals surface area contributed by atoms with Gasteiger partial charge in [0.15, 0.2) is 0 Å². The molecule has 0 unspecified atom stereocenters. The van der Waals surface area contributed by atoms with Crippen LogP contribution in [0.4, 0.5) is 0 Å². The van der Waals surface area contributed by atoms with Crippen molar-refractivity contribution in [3.05, 3.63) is 51.5 Å². The molecule has 5 nitrogen and oxygen atoms in total. The Labute approximate surface area is 144 Å². The average Bonchev–Trinajstić information content (AvgIpc) is 3.23. The summed E-state index contributed by atoms with van der Waals surface area (Å²) >= 11 is 1.37. The fourth-order valence-electron chi connectivity index (χ4n) is 4.03. The number of hydrogen-bond donors (Lipinski definition) is 1. The van der Waals surface area contributed by atoms with Gasteiger partial charge >= 0.3 is 0 Å². The van der Waals surface area contributed by atoms with E-state index < -0.39 is 0 Å². The molecule has 124 valence electrons. The minimum Gasteiger partial charge on any atom is -0.344 e. The van der Waals surface area contributed by atoms with Crippen molar-refractivity contribution >= 4 is 23.2 Å². The van der Waals surface area contributed by atoms with E-state index in [0.717, 1.165) is 12.2 Å². The summed E-state index contributed by atoms with van der Waals surface area (Å²) < 4.78 is 0. The molecule has 2 aromatic rings. The maximum absolute atomic E-state index is 12.7. The Morgan fingerprint density at radius 1 is 1.25 bits per heavy atom. The molecule has 1 aromatic heterocycles. The van der Waals surface area contributed by atoms with Gasteiger partial charge in [-0.2, -0.15) is 0 Å². The van der Waals surface area contributed by atoms with Crippen LogP contribution >= 0.6 is 11.3 Å². The predicted molar refractivity (Wildman–Crippen MR) is 92.0 cm³/mol. The summed E-state index contributed by atoms with van der Waals surface area (Å²) in [5.74, 6) is 0.573. The van der Waals surface area contributed by atoms with E-state index >= 15 is 0 Å². The highest BCUT2D eigenvalue weighted by Gasteiger charge is 2.47. The molecular formula is C18H19N3O2S. The fraction of sp³-hybridized carbons (Fsp3) is 0.389. The van der Waals surface area contributed by atoms with Gasteiger partial charge in [0.25, 0.3) is 5.91 Å². The lowest BCUT2D eigenvalue weighted by Crippen LogP contribution is -2.34. The smallest absolute Gasteiger partial charge is 0.263 e. The first-order valence-corrected chi connectivity index (χ1v) is 8.99. The molecule has 0 saturated carbocycles. The van der Waals surface area contributed by atoms with E-state index in [-0.39, 0.29) is 23.8 Å². The van der Waals surface area contributed by atoms with Gasteiger partial charge in [0, 0.05) is 31.8 Å². The second-order valence-corrected chi connectivity index (χ2v) is 7.40. The number of carbonyl (C=O) groups excluding carboxylic acids is 2. The van der Waals surface area contributed by atoms with Gasteiger partial charge in [-0.15, -0.1) is 11.3 Å². The Morgan fingerprint density at radius 3 is 2.67 bits per heavy atom. The zero-order chi connectivity index (χ0) is 16.8. The summed E-state index contributed by atoms with van der Waals surface area (Å²) in [7, 11) is 0. The van der Waals surface area contributed by atoms with Gasteiger partial charge < -0.3 is 10.2 Å². The quantitative estimate of drug-likeness (QED) is 0.913. The number of fused-ring (bicyclic) bond motifs is 3. The number of aromatic nitrogens is 1. The summed E-state index contributed by atoms with van der Waals surface area (Å²) in [6.07, 6.45) is 0. The highest BCUT2D eigenvalue weighted by molar-refractivity contribution is 7.11. The summed E-state index contributed by atoms with van der Waals surface area (Å²) in [6, 6.07) is 8.21. The standard InChI is InChI=1S/C18H19N3O2S/c1-10-17(24-9-19-10)18(23)20-16-13-6-4-3-5-12(13)14-7-21(11(2)22)8-15(14)16/h3-6,9,14-16H,7-8H2,1-2H3,(H,20,23)/t14-,15-,16+/m0/s1. The molecule has 2 amide bonds. The van der Waals surface area contributed by atoms with Crippen LogP contribution in [0.15, 0.2) is 29.8 Å². The number of hydrogen-bond acceptors (Lipinski definition) is 4. The SMILES string of the molecule is CC(=O)N1C[C@@H]2[C@H](NC(=O)c3scnc3C)c3ccccc3[C@@H]2C1. The maximum atomic E-state index is 12.7. The minimum atomic E-state index is -0.0725. The Bertz CT molecular complexity index is 816. The molecule has 0 radical (unpaired) electrons. The first kappa shape index (κ1) is 15.3. The molecule has 1 aromatic carbocycles. The molecule has 2 heterocycles. The van der Waals surface area contributed by atoms with Crippen LogP contribution in [0, 0.1) is 12.8 Å². The molecule has 1 aliphatic heterocycles. The van der Waals surface area contributed by atoms with Crippen LogP contribution in [0.2, 0.25) is 0 Å². The molecule has 0 bridgehead atoms. The van der Waals surface area contributed by atoms with Gasteiger partial charge in [0.2, 0.25) is 5.91 Å². The number of likely N-dealkylation sites (tertiary alicyclic amines) is 1. The lowest BCUT2D eigenvalue weighted by atomic mass is 9.94. The lowest BCUT2D eigenvalue weighted by molar-refractivity contribution is -0.128. The molecule has 6 heteroatoms. The van der Waals surface area contributed by atoms with E-state index in [4.69, 9.17) is 0 Å². The maximum Gasteiger partial charge on any atom is 0.263 e. The van der Waals surface area contributed by atoms with Crippen molar-refractivity contribution in [3.63, 3.8) is 0 Å². The van der Waals surface area contributed by atoms with Crippen molar-refractivity contribution in [2.45, 2.75) is 25.8 Å². The Morgan fingerprint density at radius 2 is 2.00 bits per heavy atom. The van der Waals surface area contributed by atoms with Crippen molar-refractivity contribution < 1.29 is 9.59 Å². The molecule has 1 aliphatic carbocycles. The van der Waals surface area contributed by atoms with E-state index in [0.29, 0.717) is 17.3 Å². The van der Waals surface area contributed by atoms with E-state index in [1.54, 1.807) is 12.4 Å². The van der Waals surface area contributed by atoms with Gasteiger partial charge in [0.05, 0.1) is 17.2 Å². The lowest BCUT2D eigenvalue weighted by Gasteiger charge is -2.22. The van der Waals surface area contributed by atoms with Crippen LogP contribution < -0.4 is 5.32 Å². The normalized spacial score (nSPS) is 24.6. The van der Waals surface area contributed by atoms with Crippen molar-refractivity contribution in [3.8, 4) is 0 Å². The second-order valence-electron chi connectivity index (χ2n) is 6.54. The van der Waals surface area contributed by atoms with Gasteiger partial charge in [-0.25, -0.2) is 4.98 Å². The van der Waals surface area contributed by atoms with Crippen LogP contribution in [0.5, 0.6) is 0 Å². The molecule has 1 N–H and O–H groups in total. The Hall–Kier alpha value is -2.21. The van der Waals surface area contributed by atoms with Gasteiger partial charge in [-0.1, -0.05) is 24.3 Å². The molecule has 1 saturated heterocycles. The number of nitrogens with zero attached hydrogens (tertiary/aromatic N) is 2. The zero-order valence-corrected chi connectivity index (χ0v) is 14.5. The summed E-state index contributed by atoms with van der Waals surface area (Å²) in [5, 5.41) is 3.20. The number of carbonyl (C=O) groups is 2.